The fraction of sp³-hybridized carbons (Fsp3) is 0.280. The Morgan fingerprint density at radius 1 is 1.17 bits per heavy atom. The molecule has 182 valence electrons. The third-order valence-corrected chi connectivity index (χ3v) is 6.42. The highest BCUT2D eigenvalue weighted by molar-refractivity contribution is 5.87. The summed E-state index contributed by atoms with van der Waals surface area (Å²) >= 11 is 0. The third kappa shape index (κ3) is 3.68. The first-order chi connectivity index (χ1) is 17.6. The van der Waals surface area contributed by atoms with E-state index in [4.69, 9.17) is 29.1 Å². The summed E-state index contributed by atoms with van der Waals surface area (Å²) in [5.74, 6) is -0.153. The van der Waals surface area contributed by atoms with Crippen LogP contribution in [-0.2, 0) is 4.74 Å². The van der Waals surface area contributed by atoms with Crippen LogP contribution in [0.4, 0.5) is 4.79 Å². The van der Waals surface area contributed by atoms with Crippen molar-refractivity contribution in [1.82, 2.24) is 15.1 Å². The number of carbonyl (C=O) groups is 1. The second-order valence-electron chi connectivity index (χ2n) is 8.44. The molecule has 6 rings (SSSR count). The molecule has 11 heteroatoms. The summed E-state index contributed by atoms with van der Waals surface area (Å²) < 4.78 is 27.7. The Labute approximate surface area is 205 Å². The molecule has 0 bridgehead atoms. The maximum Gasteiger partial charge on any atom is 0.415 e. The van der Waals surface area contributed by atoms with Gasteiger partial charge in [-0.25, -0.2) is 4.79 Å². The first-order valence-electron chi connectivity index (χ1n) is 11.4. The Kier molecular flexibility index (Phi) is 5.42. The molecule has 2 unspecified atom stereocenters. The molecule has 1 aromatic heterocycles. The molecule has 2 N–H and O–H groups in total. The van der Waals surface area contributed by atoms with Crippen LogP contribution in [0.3, 0.4) is 0 Å². The number of fused-ring (bicyclic) bond motifs is 2. The molecule has 3 aromatic rings. The Balaban J connectivity index is 1.44. The number of rotatable bonds is 3. The van der Waals surface area contributed by atoms with Crippen molar-refractivity contribution in [3.8, 4) is 40.5 Å². The number of aromatic nitrogens is 2. The molecule has 3 aliphatic rings. The maximum absolute atomic E-state index is 12.9. The zero-order chi connectivity index (χ0) is 24.6. The van der Waals surface area contributed by atoms with Gasteiger partial charge in [0, 0.05) is 30.1 Å². The fourth-order valence-corrected chi connectivity index (χ4v) is 4.66. The number of hydrogen-bond acceptors (Lipinski definition) is 9. The Morgan fingerprint density at radius 2 is 1.97 bits per heavy atom. The van der Waals surface area contributed by atoms with E-state index in [0.29, 0.717) is 60.4 Å². The van der Waals surface area contributed by atoms with Crippen LogP contribution in [0.1, 0.15) is 17.0 Å². The smallest absolute Gasteiger partial charge is 0.415 e. The summed E-state index contributed by atoms with van der Waals surface area (Å²) in [6.45, 7) is 1.90. The van der Waals surface area contributed by atoms with Crippen LogP contribution in [0.15, 0.2) is 42.5 Å². The van der Waals surface area contributed by atoms with E-state index in [0.717, 1.165) is 5.56 Å². The van der Waals surface area contributed by atoms with Crippen LogP contribution in [-0.4, -0.2) is 60.2 Å². The molecule has 1 saturated heterocycles. The van der Waals surface area contributed by atoms with E-state index >= 15 is 0 Å². The monoisotopic (exact) mass is 487 g/mol. The Bertz CT molecular complexity index is 1390. The van der Waals surface area contributed by atoms with Crippen molar-refractivity contribution in [3.05, 3.63) is 53.6 Å². The van der Waals surface area contributed by atoms with Crippen molar-refractivity contribution >= 4 is 12.0 Å². The van der Waals surface area contributed by atoms with Gasteiger partial charge in [0.1, 0.15) is 11.7 Å². The van der Waals surface area contributed by atoms with Crippen molar-refractivity contribution < 1.29 is 28.5 Å². The molecular weight excluding hydrogens is 466 g/mol. The number of nitriles is 1. The lowest BCUT2D eigenvalue weighted by molar-refractivity contribution is 0.0415. The van der Waals surface area contributed by atoms with Gasteiger partial charge in [-0.3, -0.25) is 10.5 Å². The van der Waals surface area contributed by atoms with Crippen molar-refractivity contribution in [3.63, 3.8) is 0 Å². The zero-order valence-corrected chi connectivity index (χ0v) is 19.0. The van der Waals surface area contributed by atoms with E-state index in [9.17, 15) is 10.1 Å². The van der Waals surface area contributed by atoms with Gasteiger partial charge in [0.25, 0.3) is 0 Å². The SMILES string of the molecule is N#CC1C(=N)Oc2n[nH]c(-c3ccc4c(c3)OCO4)c2C1c1ccccc1OC(=O)N1CCOCC1. The predicted octanol–water partition coefficient (Wildman–Crippen LogP) is 3.28. The first kappa shape index (κ1) is 21.9. The molecule has 0 spiro atoms. The minimum atomic E-state index is -0.967. The quantitative estimate of drug-likeness (QED) is 0.573. The van der Waals surface area contributed by atoms with Gasteiger partial charge in [0.2, 0.25) is 18.6 Å². The second kappa shape index (κ2) is 8.90. The molecule has 2 atom stereocenters. The van der Waals surface area contributed by atoms with Crippen LogP contribution < -0.4 is 18.9 Å². The molecule has 3 aliphatic heterocycles. The normalized spacial score (nSPS) is 20.3. The average molecular weight is 487 g/mol. The topological polar surface area (TPSA) is 143 Å². The number of ether oxygens (including phenoxy) is 5. The molecule has 1 fully saturated rings. The standard InChI is InChI=1S/C25H21N5O6/c26-12-16-20(15-3-1-2-4-17(15)35-25(31)30-7-9-32-10-8-30)21-22(28-29-24(21)36-23(16)27)14-5-6-18-19(11-14)34-13-33-18/h1-6,11,16,20,27H,7-10,13H2,(H,28,29). The molecule has 0 radical (unpaired) electrons. The van der Waals surface area contributed by atoms with Crippen molar-refractivity contribution in [2.45, 2.75) is 5.92 Å². The third-order valence-electron chi connectivity index (χ3n) is 6.42. The van der Waals surface area contributed by atoms with E-state index in [1.807, 2.05) is 12.1 Å². The number of nitrogens with zero attached hydrogens (tertiary/aromatic N) is 3. The minimum absolute atomic E-state index is 0.140. The highest BCUT2D eigenvalue weighted by Gasteiger charge is 2.42. The lowest BCUT2D eigenvalue weighted by Gasteiger charge is -2.30. The van der Waals surface area contributed by atoms with Gasteiger partial charge in [0.05, 0.1) is 30.5 Å². The van der Waals surface area contributed by atoms with E-state index in [1.165, 1.54) is 0 Å². The first-order valence-corrected chi connectivity index (χ1v) is 11.4. The largest absolute Gasteiger partial charge is 0.454 e. The van der Waals surface area contributed by atoms with Crippen molar-refractivity contribution in [1.29, 1.82) is 10.7 Å². The highest BCUT2D eigenvalue weighted by atomic mass is 16.7. The number of carbonyl (C=O) groups excluding carboxylic acids is 1. The molecular formula is C25H21N5O6. The molecule has 0 saturated carbocycles. The molecule has 4 heterocycles. The molecule has 0 aliphatic carbocycles. The van der Waals surface area contributed by atoms with Crippen LogP contribution in [0.5, 0.6) is 23.1 Å². The minimum Gasteiger partial charge on any atom is -0.454 e. The Hall–Kier alpha value is -4.56. The number of nitrogens with one attached hydrogen (secondary N) is 2. The number of morpholine rings is 1. The van der Waals surface area contributed by atoms with Crippen molar-refractivity contribution in [2.75, 3.05) is 33.1 Å². The van der Waals surface area contributed by atoms with E-state index in [1.54, 1.807) is 35.2 Å². The number of aromatic amines is 1. The van der Waals surface area contributed by atoms with Crippen molar-refractivity contribution in [2.24, 2.45) is 5.92 Å². The average Bonchev–Trinajstić information content (AvgIpc) is 3.55. The van der Waals surface area contributed by atoms with Gasteiger partial charge in [-0.2, -0.15) is 5.26 Å². The van der Waals surface area contributed by atoms with Gasteiger partial charge >= 0.3 is 6.09 Å². The lowest BCUT2D eigenvalue weighted by Crippen LogP contribution is -2.42. The van der Waals surface area contributed by atoms with Gasteiger partial charge in [-0.15, -0.1) is 5.10 Å². The lowest BCUT2D eigenvalue weighted by atomic mass is 9.78. The number of para-hydroxylation sites is 1. The molecule has 36 heavy (non-hydrogen) atoms. The van der Waals surface area contributed by atoms with Gasteiger partial charge in [-0.05, 0) is 24.3 Å². The zero-order valence-electron chi connectivity index (χ0n) is 19.0. The summed E-state index contributed by atoms with van der Waals surface area (Å²) in [6, 6.07) is 14.7. The van der Waals surface area contributed by atoms with Crippen LogP contribution in [0.25, 0.3) is 11.3 Å². The van der Waals surface area contributed by atoms with Gasteiger partial charge in [-0.1, -0.05) is 18.2 Å². The highest BCUT2D eigenvalue weighted by Crippen LogP contribution is 2.49. The number of hydrogen-bond donors (Lipinski definition) is 2. The van der Waals surface area contributed by atoms with Crippen LogP contribution in [0, 0.1) is 22.7 Å². The summed E-state index contributed by atoms with van der Waals surface area (Å²) in [5, 5.41) is 25.7. The fourth-order valence-electron chi connectivity index (χ4n) is 4.66. The number of benzene rings is 2. The summed E-state index contributed by atoms with van der Waals surface area (Å²) in [6.07, 6.45) is -0.496. The van der Waals surface area contributed by atoms with Gasteiger partial charge < -0.3 is 28.6 Å². The second-order valence-corrected chi connectivity index (χ2v) is 8.44. The summed E-state index contributed by atoms with van der Waals surface area (Å²) in [4.78, 5) is 14.5. The molecule has 11 nitrogen and oxygen atoms in total. The van der Waals surface area contributed by atoms with Crippen LogP contribution in [0.2, 0.25) is 0 Å². The summed E-state index contributed by atoms with van der Waals surface area (Å²) in [5.41, 5.74) is 2.51. The van der Waals surface area contributed by atoms with E-state index < -0.39 is 17.9 Å². The van der Waals surface area contributed by atoms with Crippen LogP contribution >= 0.6 is 0 Å². The molecule has 1 amide bonds. The number of H-pyrrole nitrogens is 1. The maximum atomic E-state index is 12.9. The molecule has 2 aromatic carbocycles. The Morgan fingerprint density at radius 3 is 2.81 bits per heavy atom. The van der Waals surface area contributed by atoms with E-state index in [2.05, 4.69) is 16.3 Å². The summed E-state index contributed by atoms with van der Waals surface area (Å²) in [7, 11) is 0. The number of amides is 1. The van der Waals surface area contributed by atoms with E-state index in [-0.39, 0.29) is 18.6 Å². The predicted molar refractivity (Wildman–Crippen MR) is 124 cm³/mol. The van der Waals surface area contributed by atoms with Gasteiger partial charge in [0.15, 0.2) is 11.5 Å².